The number of carboxylic acid groups (broad SMARTS) is 1. The van der Waals surface area contributed by atoms with Gasteiger partial charge < -0.3 is 18.7 Å². The number of hydrogen-bond acceptors (Lipinski definition) is 8. The van der Waals surface area contributed by atoms with E-state index in [2.05, 4.69) is 21.2 Å². The summed E-state index contributed by atoms with van der Waals surface area (Å²) >= 11 is 0. The number of rotatable bonds is 10. The Balaban J connectivity index is 1.61. The molecule has 0 unspecified atom stereocenters. The van der Waals surface area contributed by atoms with Gasteiger partial charge in [-0.2, -0.15) is 0 Å². The van der Waals surface area contributed by atoms with Crippen LogP contribution in [0.1, 0.15) is 59.3 Å². The molecule has 2 heterocycles. The first kappa shape index (κ1) is 27.1. The lowest BCUT2D eigenvalue weighted by atomic mass is 10.0. The summed E-state index contributed by atoms with van der Waals surface area (Å²) in [6.07, 6.45) is 0. The van der Waals surface area contributed by atoms with E-state index in [1.807, 2.05) is 58.0 Å². The minimum Gasteiger partial charge on any atom is -0.478 e. The van der Waals surface area contributed by atoms with Crippen LogP contribution in [0.25, 0.3) is 11.5 Å². The monoisotopic (exact) mass is 518 g/mol. The molecule has 0 aliphatic heterocycles. The van der Waals surface area contributed by atoms with Gasteiger partial charge in [-0.3, -0.25) is 4.90 Å². The van der Waals surface area contributed by atoms with Gasteiger partial charge in [-0.15, -0.1) is 10.2 Å². The molecular formula is C29H34N4O5. The van der Waals surface area contributed by atoms with E-state index >= 15 is 0 Å². The molecule has 0 amide bonds. The molecule has 0 radical (unpaired) electrons. The Hall–Kier alpha value is -3.98. The zero-order valence-corrected chi connectivity index (χ0v) is 23.0. The first-order valence-corrected chi connectivity index (χ1v) is 12.5. The predicted octanol–water partition coefficient (Wildman–Crippen LogP) is 5.71. The van der Waals surface area contributed by atoms with Crippen LogP contribution in [-0.2, 0) is 24.4 Å². The summed E-state index contributed by atoms with van der Waals surface area (Å²) in [7, 11) is 0. The topological polar surface area (TPSA) is 115 Å². The normalized spacial score (nSPS) is 11.8. The van der Waals surface area contributed by atoms with E-state index < -0.39 is 11.6 Å². The summed E-state index contributed by atoms with van der Waals surface area (Å²) in [6.45, 7) is 14.1. The van der Waals surface area contributed by atoms with E-state index in [9.17, 15) is 9.90 Å². The van der Waals surface area contributed by atoms with Gasteiger partial charge in [-0.05, 0) is 70.4 Å². The van der Waals surface area contributed by atoms with Crippen LogP contribution in [0.15, 0.2) is 45.2 Å². The SMILES string of the molecule is Cc1cccc(-c2nc(CN(Cc3cc(C)c(OC(C)(C)C(=O)O)c(C)c3)Cc3nnc(C)o3)c(C)o2)c1. The average molecular weight is 519 g/mol. The third-order valence-electron chi connectivity index (χ3n) is 6.26. The standard InChI is InChI=1S/C29H34N4O5/c1-17-9-8-10-23(11-17)27-30-24(20(4)36-27)15-33(16-25-32-31-21(5)37-25)14-22-12-18(2)26(19(3)13-22)38-29(6,7)28(34)35/h8-13H,14-16H2,1-7H3,(H,34,35). The van der Waals surface area contributed by atoms with E-state index in [1.54, 1.807) is 20.8 Å². The van der Waals surface area contributed by atoms with Gasteiger partial charge in [0.15, 0.2) is 5.60 Å². The minimum atomic E-state index is -1.33. The van der Waals surface area contributed by atoms with Crippen LogP contribution in [0.2, 0.25) is 0 Å². The van der Waals surface area contributed by atoms with Gasteiger partial charge in [0.25, 0.3) is 0 Å². The van der Waals surface area contributed by atoms with Crippen LogP contribution in [0.4, 0.5) is 0 Å². The molecule has 200 valence electrons. The average Bonchev–Trinajstić information content (AvgIpc) is 3.41. The lowest BCUT2D eigenvalue weighted by Crippen LogP contribution is -2.38. The Labute approximate surface area is 222 Å². The molecule has 2 aromatic heterocycles. The van der Waals surface area contributed by atoms with Gasteiger partial charge >= 0.3 is 5.97 Å². The Bertz CT molecular complexity index is 1430. The highest BCUT2D eigenvalue weighted by Crippen LogP contribution is 2.30. The smallest absolute Gasteiger partial charge is 0.347 e. The molecule has 2 aromatic carbocycles. The lowest BCUT2D eigenvalue weighted by molar-refractivity contribution is -0.152. The number of oxazole rings is 1. The van der Waals surface area contributed by atoms with Gasteiger partial charge in [-0.25, -0.2) is 9.78 Å². The van der Waals surface area contributed by atoms with Gasteiger partial charge in [0, 0.05) is 25.6 Å². The number of carbonyl (C=O) groups is 1. The van der Waals surface area contributed by atoms with Crippen molar-refractivity contribution in [3.05, 3.63) is 81.9 Å². The van der Waals surface area contributed by atoms with Gasteiger partial charge in [-0.1, -0.05) is 29.8 Å². The van der Waals surface area contributed by atoms with E-state index in [1.165, 1.54) is 0 Å². The summed E-state index contributed by atoms with van der Waals surface area (Å²) in [4.78, 5) is 18.5. The molecule has 9 heteroatoms. The molecule has 0 aliphatic carbocycles. The molecule has 4 rings (SSSR count). The van der Waals surface area contributed by atoms with Crippen LogP contribution in [-0.4, -0.2) is 36.8 Å². The molecule has 0 aliphatic rings. The second-order valence-corrected chi connectivity index (χ2v) is 10.2. The van der Waals surface area contributed by atoms with Crippen molar-refractivity contribution in [1.29, 1.82) is 0 Å². The number of aromatic nitrogens is 3. The number of aliphatic carboxylic acids is 1. The highest BCUT2D eigenvalue weighted by atomic mass is 16.5. The quantitative estimate of drug-likeness (QED) is 0.282. The Morgan fingerprint density at radius 1 is 0.974 bits per heavy atom. The molecule has 38 heavy (non-hydrogen) atoms. The maximum Gasteiger partial charge on any atom is 0.347 e. The summed E-state index contributed by atoms with van der Waals surface area (Å²) < 4.78 is 17.6. The van der Waals surface area contributed by atoms with E-state index in [0.717, 1.165) is 39.3 Å². The number of aryl methyl sites for hydroxylation is 5. The van der Waals surface area contributed by atoms with Crippen LogP contribution < -0.4 is 4.74 Å². The molecule has 9 nitrogen and oxygen atoms in total. The minimum absolute atomic E-state index is 0.426. The molecule has 1 N–H and O–H groups in total. The molecule has 0 fully saturated rings. The van der Waals surface area contributed by atoms with Crippen LogP contribution in [0.5, 0.6) is 5.75 Å². The van der Waals surface area contributed by atoms with Crippen molar-refractivity contribution in [1.82, 2.24) is 20.1 Å². The summed E-state index contributed by atoms with van der Waals surface area (Å²) in [5.74, 6) is 1.92. The highest BCUT2D eigenvalue weighted by Gasteiger charge is 2.30. The molecule has 0 saturated heterocycles. The van der Waals surface area contributed by atoms with Crippen molar-refractivity contribution in [2.45, 2.75) is 73.7 Å². The van der Waals surface area contributed by atoms with Crippen molar-refractivity contribution < 1.29 is 23.5 Å². The van der Waals surface area contributed by atoms with Crippen molar-refractivity contribution in [2.75, 3.05) is 0 Å². The molecule has 0 bridgehead atoms. The van der Waals surface area contributed by atoms with Crippen molar-refractivity contribution >= 4 is 5.97 Å². The third kappa shape index (κ3) is 6.28. The predicted molar refractivity (Wildman–Crippen MR) is 142 cm³/mol. The zero-order valence-electron chi connectivity index (χ0n) is 23.0. The number of ether oxygens (including phenoxy) is 1. The molecule has 0 spiro atoms. The van der Waals surface area contributed by atoms with Crippen LogP contribution in [0.3, 0.4) is 0 Å². The van der Waals surface area contributed by atoms with Gasteiger partial charge in [0.2, 0.25) is 17.7 Å². The molecule has 0 atom stereocenters. The van der Waals surface area contributed by atoms with E-state index in [-0.39, 0.29) is 0 Å². The number of benzene rings is 2. The molecule has 0 saturated carbocycles. The van der Waals surface area contributed by atoms with Crippen LogP contribution in [0, 0.1) is 34.6 Å². The first-order valence-electron chi connectivity index (χ1n) is 12.5. The lowest BCUT2D eigenvalue weighted by Gasteiger charge is -2.25. The van der Waals surface area contributed by atoms with E-state index in [4.69, 9.17) is 18.6 Å². The van der Waals surface area contributed by atoms with Crippen LogP contribution >= 0.6 is 0 Å². The largest absolute Gasteiger partial charge is 0.478 e. The number of hydrogen-bond donors (Lipinski definition) is 1. The zero-order chi connectivity index (χ0) is 27.6. The fourth-order valence-corrected chi connectivity index (χ4v) is 4.30. The highest BCUT2D eigenvalue weighted by molar-refractivity contribution is 5.77. The fraction of sp³-hybridized carbons (Fsp3) is 0.379. The number of carboxylic acids is 1. The van der Waals surface area contributed by atoms with Crippen molar-refractivity contribution in [2.24, 2.45) is 0 Å². The second kappa shape index (κ2) is 10.8. The number of nitrogens with zero attached hydrogens (tertiary/aromatic N) is 4. The molecule has 4 aromatic rings. The van der Waals surface area contributed by atoms with Gasteiger partial charge in [0.1, 0.15) is 11.5 Å². The van der Waals surface area contributed by atoms with Gasteiger partial charge in [0.05, 0.1) is 12.2 Å². The summed E-state index contributed by atoms with van der Waals surface area (Å²) in [5.41, 5.74) is 4.33. The Kier molecular flexibility index (Phi) is 7.68. The van der Waals surface area contributed by atoms with E-state index in [0.29, 0.717) is 43.1 Å². The Morgan fingerprint density at radius 3 is 2.29 bits per heavy atom. The third-order valence-corrected chi connectivity index (χ3v) is 6.26. The maximum absolute atomic E-state index is 11.6. The Morgan fingerprint density at radius 2 is 1.68 bits per heavy atom. The summed E-state index contributed by atoms with van der Waals surface area (Å²) in [5, 5.41) is 17.6. The first-order chi connectivity index (χ1) is 17.9. The van der Waals surface area contributed by atoms with Crippen molar-refractivity contribution in [3.63, 3.8) is 0 Å². The molecular weight excluding hydrogens is 484 g/mol. The fourth-order valence-electron chi connectivity index (χ4n) is 4.30. The second-order valence-electron chi connectivity index (χ2n) is 10.2. The maximum atomic E-state index is 11.6. The van der Waals surface area contributed by atoms with Crippen molar-refractivity contribution in [3.8, 4) is 17.2 Å². The summed E-state index contributed by atoms with van der Waals surface area (Å²) in [6, 6.07) is 12.1.